The lowest BCUT2D eigenvalue weighted by Gasteiger charge is -2.25. The lowest BCUT2D eigenvalue weighted by atomic mass is 10.1. The molecule has 0 saturated carbocycles. The normalized spacial score (nSPS) is 12.1. The molecule has 1 atom stereocenters. The SMILES string of the molecule is C[C@H](c1ccc(-n2cnc3ccccc32)cc1)N(C)C(=O)Nc1nccs1. The van der Waals surface area contributed by atoms with Gasteiger partial charge in [0.1, 0.15) is 6.33 Å². The number of carbonyl (C=O) groups excluding carboxylic acids is 1. The molecule has 136 valence electrons. The van der Waals surface area contributed by atoms with Crippen molar-refractivity contribution in [1.29, 1.82) is 0 Å². The maximum Gasteiger partial charge on any atom is 0.323 e. The Morgan fingerprint density at radius 1 is 1.15 bits per heavy atom. The number of nitrogens with zero attached hydrogens (tertiary/aromatic N) is 4. The third-order valence-corrected chi connectivity index (χ3v) is 5.34. The molecule has 4 rings (SSSR count). The van der Waals surface area contributed by atoms with E-state index in [2.05, 4.69) is 25.9 Å². The number of fused-ring (bicyclic) bond motifs is 1. The van der Waals surface area contributed by atoms with Gasteiger partial charge in [-0.3, -0.25) is 9.88 Å². The second-order valence-electron chi connectivity index (χ2n) is 6.25. The molecule has 6 nitrogen and oxygen atoms in total. The van der Waals surface area contributed by atoms with Crippen molar-refractivity contribution in [2.45, 2.75) is 13.0 Å². The molecular formula is C20H19N5OS. The molecule has 0 fully saturated rings. The summed E-state index contributed by atoms with van der Waals surface area (Å²) in [4.78, 5) is 22.6. The number of amides is 2. The fourth-order valence-corrected chi connectivity index (χ4v) is 3.46. The van der Waals surface area contributed by atoms with E-state index in [1.54, 1.807) is 18.1 Å². The van der Waals surface area contributed by atoms with Crippen LogP contribution >= 0.6 is 11.3 Å². The highest BCUT2D eigenvalue weighted by molar-refractivity contribution is 7.13. The van der Waals surface area contributed by atoms with Gasteiger partial charge in [0.25, 0.3) is 0 Å². The molecule has 0 aliphatic heterocycles. The van der Waals surface area contributed by atoms with E-state index in [9.17, 15) is 4.79 Å². The van der Waals surface area contributed by atoms with Crippen LogP contribution in [0.1, 0.15) is 18.5 Å². The predicted molar refractivity (Wildman–Crippen MR) is 108 cm³/mol. The minimum absolute atomic E-state index is 0.0708. The Labute approximate surface area is 161 Å². The first kappa shape index (κ1) is 17.2. The van der Waals surface area contributed by atoms with Gasteiger partial charge in [-0.1, -0.05) is 24.3 Å². The van der Waals surface area contributed by atoms with Crippen molar-refractivity contribution in [2.75, 3.05) is 12.4 Å². The summed E-state index contributed by atoms with van der Waals surface area (Å²) in [6.45, 7) is 2.00. The van der Waals surface area contributed by atoms with Crippen molar-refractivity contribution in [1.82, 2.24) is 19.4 Å². The number of imidazole rings is 1. The van der Waals surface area contributed by atoms with Crippen LogP contribution < -0.4 is 5.32 Å². The summed E-state index contributed by atoms with van der Waals surface area (Å²) >= 11 is 1.40. The topological polar surface area (TPSA) is 63.1 Å². The van der Waals surface area contributed by atoms with Gasteiger partial charge in [0.15, 0.2) is 5.13 Å². The van der Waals surface area contributed by atoms with Crippen LogP contribution in [-0.4, -0.2) is 32.5 Å². The number of hydrogen-bond donors (Lipinski definition) is 1. The third kappa shape index (κ3) is 3.41. The number of hydrogen-bond acceptors (Lipinski definition) is 4. The van der Waals surface area contributed by atoms with Gasteiger partial charge >= 0.3 is 6.03 Å². The maximum atomic E-state index is 12.4. The number of benzene rings is 2. The third-order valence-electron chi connectivity index (χ3n) is 4.65. The molecule has 4 aromatic rings. The standard InChI is InChI=1S/C20H19N5OS/c1-14(24(2)20(26)23-19-21-11-12-27-19)15-7-9-16(10-8-15)25-13-22-17-5-3-4-6-18(17)25/h3-14H,1-2H3,(H,21,23,26)/t14-/m1/s1. The van der Waals surface area contributed by atoms with Crippen LogP contribution in [0.4, 0.5) is 9.93 Å². The molecule has 0 aliphatic rings. The molecule has 0 saturated heterocycles. The zero-order chi connectivity index (χ0) is 18.8. The number of thiazole rings is 1. The Hall–Kier alpha value is -3.19. The van der Waals surface area contributed by atoms with E-state index < -0.39 is 0 Å². The van der Waals surface area contributed by atoms with Crippen molar-refractivity contribution < 1.29 is 4.79 Å². The average Bonchev–Trinajstić information content (AvgIpc) is 3.36. The molecule has 2 aromatic heterocycles. The number of para-hydroxylation sites is 2. The molecule has 0 radical (unpaired) electrons. The van der Waals surface area contributed by atoms with Crippen molar-refractivity contribution in [3.8, 4) is 5.69 Å². The maximum absolute atomic E-state index is 12.4. The van der Waals surface area contributed by atoms with Gasteiger partial charge in [0.2, 0.25) is 0 Å². The number of anilines is 1. The number of nitrogens with one attached hydrogen (secondary N) is 1. The highest BCUT2D eigenvalue weighted by Crippen LogP contribution is 2.23. The number of carbonyl (C=O) groups is 1. The molecule has 1 N–H and O–H groups in total. The van der Waals surface area contributed by atoms with Gasteiger partial charge < -0.3 is 4.90 Å². The first-order chi connectivity index (χ1) is 13.1. The van der Waals surface area contributed by atoms with Crippen molar-refractivity contribution >= 4 is 33.5 Å². The monoisotopic (exact) mass is 377 g/mol. The lowest BCUT2D eigenvalue weighted by Crippen LogP contribution is -2.33. The van der Waals surface area contributed by atoms with Crippen molar-refractivity contribution in [3.63, 3.8) is 0 Å². The summed E-state index contributed by atoms with van der Waals surface area (Å²) in [6.07, 6.45) is 3.50. The van der Waals surface area contributed by atoms with E-state index in [-0.39, 0.29) is 12.1 Å². The van der Waals surface area contributed by atoms with Crippen LogP contribution in [-0.2, 0) is 0 Å². The largest absolute Gasteiger partial charge is 0.323 e. The van der Waals surface area contributed by atoms with E-state index in [0.29, 0.717) is 5.13 Å². The summed E-state index contributed by atoms with van der Waals surface area (Å²) in [7, 11) is 1.78. The second kappa shape index (κ2) is 7.20. The van der Waals surface area contributed by atoms with Crippen LogP contribution in [0, 0.1) is 0 Å². The van der Waals surface area contributed by atoms with E-state index >= 15 is 0 Å². The van der Waals surface area contributed by atoms with Crippen molar-refractivity contribution in [2.24, 2.45) is 0 Å². The summed E-state index contributed by atoms with van der Waals surface area (Å²) in [6, 6.07) is 16.0. The summed E-state index contributed by atoms with van der Waals surface area (Å²) in [5.74, 6) is 0. The van der Waals surface area contributed by atoms with Gasteiger partial charge in [-0.05, 0) is 36.8 Å². The van der Waals surface area contributed by atoms with Crippen LogP contribution in [0.2, 0.25) is 0 Å². The highest BCUT2D eigenvalue weighted by atomic mass is 32.1. The first-order valence-corrected chi connectivity index (χ1v) is 9.47. The van der Waals surface area contributed by atoms with Gasteiger partial charge in [-0.25, -0.2) is 14.8 Å². The number of urea groups is 1. The van der Waals surface area contributed by atoms with Crippen LogP contribution in [0.25, 0.3) is 16.7 Å². The van der Waals surface area contributed by atoms with E-state index in [0.717, 1.165) is 22.3 Å². The van der Waals surface area contributed by atoms with E-state index in [1.165, 1.54) is 11.3 Å². The number of aromatic nitrogens is 3. The molecule has 2 heterocycles. The van der Waals surface area contributed by atoms with Gasteiger partial charge in [0.05, 0.1) is 17.1 Å². The van der Waals surface area contributed by atoms with Gasteiger partial charge in [-0.15, -0.1) is 11.3 Å². The summed E-state index contributed by atoms with van der Waals surface area (Å²) in [5, 5.41) is 5.24. The molecule has 0 aliphatic carbocycles. The van der Waals surface area contributed by atoms with Gasteiger partial charge in [-0.2, -0.15) is 0 Å². The van der Waals surface area contributed by atoms with Crippen LogP contribution in [0.3, 0.4) is 0 Å². The summed E-state index contributed by atoms with van der Waals surface area (Å²) < 4.78 is 2.06. The first-order valence-electron chi connectivity index (χ1n) is 8.59. The molecule has 0 spiro atoms. The van der Waals surface area contributed by atoms with Gasteiger partial charge in [0, 0.05) is 24.3 Å². The Morgan fingerprint density at radius 2 is 1.93 bits per heavy atom. The molecule has 0 unspecified atom stereocenters. The smallest absolute Gasteiger partial charge is 0.321 e. The molecule has 27 heavy (non-hydrogen) atoms. The predicted octanol–water partition coefficient (Wildman–Crippen LogP) is 4.71. The van der Waals surface area contributed by atoms with Crippen LogP contribution in [0.15, 0.2) is 66.4 Å². The molecule has 2 aromatic carbocycles. The fraction of sp³-hybridized carbons (Fsp3) is 0.150. The fourth-order valence-electron chi connectivity index (χ4n) is 2.94. The molecule has 0 bridgehead atoms. The molecule has 7 heteroatoms. The van der Waals surface area contributed by atoms with E-state index in [1.807, 2.05) is 61.1 Å². The number of rotatable bonds is 4. The second-order valence-corrected chi connectivity index (χ2v) is 7.14. The zero-order valence-corrected chi connectivity index (χ0v) is 15.9. The average molecular weight is 377 g/mol. The Kier molecular flexibility index (Phi) is 4.60. The minimum Gasteiger partial charge on any atom is -0.321 e. The van der Waals surface area contributed by atoms with Crippen molar-refractivity contribution in [3.05, 3.63) is 72.0 Å². The lowest BCUT2D eigenvalue weighted by molar-refractivity contribution is 0.208. The Morgan fingerprint density at radius 3 is 2.67 bits per heavy atom. The Bertz CT molecular complexity index is 1060. The van der Waals surface area contributed by atoms with E-state index in [4.69, 9.17) is 0 Å². The quantitative estimate of drug-likeness (QED) is 0.560. The highest BCUT2D eigenvalue weighted by Gasteiger charge is 2.18. The Balaban J connectivity index is 1.52. The summed E-state index contributed by atoms with van der Waals surface area (Å²) in [5.41, 5.74) is 4.13. The zero-order valence-electron chi connectivity index (χ0n) is 15.0. The van der Waals surface area contributed by atoms with Crippen LogP contribution in [0.5, 0.6) is 0 Å². The minimum atomic E-state index is -0.179. The molecular weight excluding hydrogens is 358 g/mol. The molecule has 2 amide bonds.